The van der Waals surface area contributed by atoms with Crippen molar-refractivity contribution in [1.29, 1.82) is 0 Å². The fourth-order valence-electron chi connectivity index (χ4n) is 1.39. The van der Waals surface area contributed by atoms with Gasteiger partial charge in [-0.25, -0.2) is 0 Å². The van der Waals surface area contributed by atoms with E-state index in [1.54, 1.807) is 0 Å². The molecule has 0 aliphatic heterocycles. The maximum absolute atomic E-state index is 9.12. The van der Waals surface area contributed by atoms with Gasteiger partial charge in [0.15, 0.2) is 0 Å². The highest BCUT2D eigenvalue weighted by molar-refractivity contribution is 4.70. The van der Waals surface area contributed by atoms with E-state index in [1.807, 2.05) is 6.92 Å². The summed E-state index contributed by atoms with van der Waals surface area (Å²) in [4.78, 5) is 2.31. The number of aliphatic hydroxyl groups is 1. The van der Waals surface area contributed by atoms with Crippen molar-refractivity contribution in [2.45, 2.75) is 52.2 Å². The molecule has 0 aromatic rings. The van der Waals surface area contributed by atoms with Crippen molar-refractivity contribution in [3.8, 4) is 0 Å². The van der Waals surface area contributed by atoms with Crippen LogP contribution in [0.2, 0.25) is 0 Å². The molecular formula is C12H28N2O. The normalized spacial score (nSPS) is 14.6. The lowest BCUT2D eigenvalue weighted by Gasteiger charge is -2.23. The van der Waals surface area contributed by atoms with Crippen molar-refractivity contribution >= 4 is 0 Å². The van der Waals surface area contributed by atoms with E-state index in [2.05, 4.69) is 38.0 Å². The fraction of sp³-hybridized carbons (Fsp3) is 1.00. The Morgan fingerprint density at radius 3 is 2.33 bits per heavy atom. The Morgan fingerprint density at radius 1 is 1.27 bits per heavy atom. The van der Waals surface area contributed by atoms with E-state index in [0.29, 0.717) is 0 Å². The Hall–Kier alpha value is -0.120. The Morgan fingerprint density at radius 2 is 1.87 bits per heavy atom. The van der Waals surface area contributed by atoms with Crippen LogP contribution < -0.4 is 5.32 Å². The summed E-state index contributed by atoms with van der Waals surface area (Å²) in [6.45, 7) is 11.5. The molecule has 0 saturated carbocycles. The summed E-state index contributed by atoms with van der Waals surface area (Å²) >= 11 is 0. The maximum atomic E-state index is 9.12. The Kier molecular flexibility index (Phi) is 7.14. The first kappa shape index (κ1) is 14.9. The number of hydrogen-bond acceptors (Lipinski definition) is 3. The summed E-state index contributed by atoms with van der Waals surface area (Å²) < 4.78 is 0. The topological polar surface area (TPSA) is 35.5 Å². The van der Waals surface area contributed by atoms with Gasteiger partial charge in [-0.3, -0.25) is 0 Å². The van der Waals surface area contributed by atoms with Gasteiger partial charge in [-0.1, -0.05) is 0 Å². The molecule has 0 aromatic carbocycles. The molecule has 0 fully saturated rings. The zero-order valence-electron chi connectivity index (χ0n) is 11.0. The predicted molar refractivity (Wildman–Crippen MR) is 66.2 cm³/mol. The van der Waals surface area contributed by atoms with Crippen LogP contribution in [0, 0.1) is 0 Å². The molecule has 1 unspecified atom stereocenters. The molecule has 0 aromatic heterocycles. The Bertz CT molecular complexity index is 152. The first-order valence-corrected chi connectivity index (χ1v) is 5.93. The molecule has 92 valence electrons. The van der Waals surface area contributed by atoms with Crippen LogP contribution in [0.1, 0.15) is 40.5 Å². The first-order chi connectivity index (χ1) is 6.81. The highest BCUT2D eigenvalue weighted by atomic mass is 16.3. The average molecular weight is 216 g/mol. The van der Waals surface area contributed by atoms with E-state index < -0.39 is 0 Å². The standard InChI is InChI=1S/C12H28N2O/c1-11(15)7-6-9-14(5)10-8-13-12(2,3)4/h11,13,15H,6-10H2,1-5H3. The molecule has 0 rings (SSSR count). The lowest BCUT2D eigenvalue weighted by atomic mass is 10.1. The molecule has 0 amide bonds. The highest BCUT2D eigenvalue weighted by Crippen LogP contribution is 1.99. The van der Waals surface area contributed by atoms with Gasteiger partial charge in [-0.15, -0.1) is 0 Å². The quantitative estimate of drug-likeness (QED) is 0.676. The van der Waals surface area contributed by atoms with Crippen molar-refractivity contribution in [2.75, 3.05) is 26.7 Å². The summed E-state index contributed by atoms with van der Waals surface area (Å²) in [5.41, 5.74) is 0.209. The molecule has 3 nitrogen and oxygen atoms in total. The van der Waals surface area contributed by atoms with Gasteiger partial charge in [-0.05, 0) is 54.1 Å². The van der Waals surface area contributed by atoms with Crippen molar-refractivity contribution in [3.63, 3.8) is 0 Å². The van der Waals surface area contributed by atoms with Crippen molar-refractivity contribution in [2.24, 2.45) is 0 Å². The first-order valence-electron chi connectivity index (χ1n) is 5.93. The largest absolute Gasteiger partial charge is 0.393 e. The lowest BCUT2D eigenvalue weighted by molar-refractivity contribution is 0.174. The number of aliphatic hydroxyl groups excluding tert-OH is 1. The van der Waals surface area contributed by atoms with E-state index in [1.165, 1.54) is 0 Å². The van der Waals surface area contributed by atoms with Crippen LogP contribution in [-0.2, 0) is 0 Å². The molecular weight excluding hydrogens is 188 g/mol. The third kappa shape index (κ3) is 11.8. The SMILES string of the molecule is CC(O)CCCN(C)CCNC(C)(C)C. The molecule has 0 saturated heterocycles. The number of nitrogens with one attached hydrogen (secondary N) is 1. The van der Waals surface area contributed by atoms with Gasteiger partial charge in [0, 0.05) is 18.6 Å². The van der Waals surface area contributed by atoms with E-state index in [4.69, 9.17) is 5.11 Å². The Balaban J connectivity index is 3.37. The molecule has 2 N–H and O–H groups in total. The minimum Gasteiger partial charge on any atom is -0.393 e. The van der Waals surface area contributed by atoms with Crippen LogP contribution in [0.4, 0.5) is 0 Å². The van der Waals surface area contributed by atoms with E-state index >= 15 is 0 Å². The number of nitrogens with zero attached hydrogens (tertiary/aromatic N) is 1. The monoisotopic (exact) mass is 216 g/mol. The van der Waals surface area contributed by atoms with Crippen LogP contribution in [0.3, 0.4) is 0 Å². The molecule has 3 heteroatoms. The number of likely N-dealkylation sites (N-methyl/N-ethyl adjacent to an activating group) is 1. The van der Waals surface area contributed by atoms with Crippen LogP contribution in [0.25, 0.3) is 0 Å². The average Bonchev–Trinajstić information content (AvgIpc) is 2.00. The van der Waals surface area contributed by atoms with Gasteiger partial charge in [0.05, 0.1) is 6.10 Å². The van der Waals surface area contributed by atoms with Crippen LogP contribution in [-0.4, -0.2) is 48.3 Å². The fourth-order valence-corrected chi connectivity index (χ4v) is 1.39. The second-order valence-electron chi connectivity index (χ2n) is 5.47. The predicted octanol–water partition coefficient (Wildman–Crippen LogP) is 1.47. The second-order valence-corrected chi connectivity index (χ2v) is 5.47. The summed E-state index contributed by atoms with van der Waals surface area (Å²) in [5.74, 6) is 0. The van der Waals surface area contributed by atoms with Crippen molar-refractivity contribution in [1.82, 2.24) is 10.2 Å². The molecule has 0 aliphatic carbocycles. The maximum Gasteiger partial charge on any atom is 0.0512 e. The number of rotatable bonds is 7. The van der Waals surface area contributed by atoms with E-state index in [0.717, 1.165) is 32.5 Å². The number of hydrogen-bond donors (Lipinski definition) is 2. The van der Waals surface area contributed by atoms with Gasteiger partial charge in [-0.2, -0.15) is 0 Å². The molecule has 0 heterocycles. The van der Waals surface area contributed by atoms with Crippen LogP contribution in [0.15, 0.2) is 0 Å². The lowest BCUT2D eigenvalue weighted by Crippen LogP contribution is -2.40. The summed E-state index contributed by atoms with van der Waals surface area (Å²) in [6, 6.07) is 0. The molecule has 0 aliphatic rings. The van der Waals surface area contributed by atoms with Crippen molar-refractivity contribution in [3.05, 3.63) is 0 Å². The van der Waals surface area contributed by atoms with Crippen LogP contribution in [0.5, 0.6) is 0 Å². The summed E-state index contributed by atoms with van der Waals surface area (Å²) in [6.07, 6.45) is 1.81. The zero-order valence-corrected chi connectivity index (χ0v) is 11.0. The van der Waals surface area contributed by atoms with E-state index in [9.17, 15) is 0 Å². The van der Waals surface area contributed by atoms with Gasteiger partial charge in [0.25, 0.3) is 0 Å². The van der Waals surface area contributed by atoms with E-state index in [-0.39, 0.29) is 11.6 Å². The highest BCUT2D eigenvalue weighted by Gasteiger charge is 2.08. The van der Waals surface area contributed by atoms with Gasteiger partial charge in [0.1, 0.15) is 0 Å². The van der Waals surface area contributed by atoms with Crippen molar-refractivity contribution < 1.29 is 5.11 Å². The molecule has 1 atom stereocenters. The second kappa shape index (κ2) is 7.20. The third-order valence-corrected chi connectivity index (χ3v) is 2.31. The summed E-state index contributed by atoms with van der Waals surface area (Å²) in [7, 11) is 2.13. The Labute approximate surface area is 94.9 Å². The molecule has 0 radical (unpaired) electrons. The smallest absolute Gasteiger partial charge is 0.0512 e. The van der Waals surface area contributed by atoms with Gasteiger partial charge >= 0.3 is 0 Å². The minimum absolute atomic E-state index is 0.161. The molecule has 0 spiro atoms. The zero-order chi connectivity index (χ0) is 11.9. The third-order valence-electron chi connectivity index (χ3n) is 2.31. The molecule has 15 heavy (non-hydrogen) atoms. The minimum atomic E-state index is -0.161. The molecule has 0 bridgehead atoms. The van der Waals surface area contributed by atoms with Gasteiger partial charge < -0.3 is 15.3 Å². The summed E-state index contributed by atoms with van der Waals surface area (Å²) in [5, 5.41) is 12.6. The van der Waals surface area contributed by atoms with Gasteiger partial charge in [0.2, 0.25) is 0 Å². The van der Waals surface area contributed by atoms with Crippen LogP contribution >= 0.6 is 0 Å².